The van der Waals surface area contributed by atoms with Gasteiger partial charge in [0.1, 0.15) is 17.3 Å². The lowest BCUT2D eigenvalue weighted by Gasteiger charge is -2.12. The average molecular weight is 374 g/mol. The van der Waals surface area contributed by atoms with Crippen molar-refractivity contribution in [1.29, 1.82) is 0 Å². The molecule has 8 heteroatoms. The van der Waals surface area contributed by atoms with E-state index in [2.05, 4.69) is 15.8 Å². The van der Waals surface area contributed by atoms with E-state index in [1.807, 2.05) is 12.3 Å². The molecule has 0 aliphatic heterocycles. The molecule has 0 saturated carbocycles. The van der Waals surface area contributed by atoms with E-state index in [4.69, 9.17) is 4.84 Å². The molecule has 2 N–H and O–H groups in total. The van der Waals surface area contributed by atoms with Crippen LogP contribution in [-0.4, -0.2) is 28.3 Å². The molecule has 0 atom stereocenters. The highest BCUT2D eigenvalue weighted by Gasteiger charge is 2.23. The Hall–Kier alpha value is -2.58. The van der Waals surface area contributed by atoms with Crippen LogP contribution in [0, 0.1) is 5.82 Å². The zero-order chi connectivity index (χ0) is 18.7. The maximum Gasteiger partial charge on any atom is 0.279 e. The summed E-state index contributed by atoms with van der Waals surface area (Å²) in [5.41, 5.74) is 3.63. The number of hydrogen-bond donors (Lipinski definition) is 2. The number of thioether (sulfide) groups is 1. The summed E-state index contributed by atoms with van der Waals surface area (Å²) < 4.78 is 16.1. The van der Waals surface area contributed by atoms with Crippen molar-refractivity contribution in [2.45, 2.75) is 11.8 Å². The Morgan fingerprint density at radius 1 is 1.38 bits per heavy atom. The number of anilines is 2. The highest BCUT2D eigenvalue weighted by molar-refractivity contribution is 7.98. The topological polar surface area (TPSA) is 68.2 Å². The van der Waals surface area contributed by atoms with Crippen molar-refractivity contribution in [3.63, 3.8) is 0 Å². The van der Waals surface area contributed by atoms with Crippen molar-refractivity contribution in [3.8, 4) is 0 Å². The maximum atomic E-state index is 14.4. The zero-order valence-electron chi connectivity index (χ0n) is 14.7. The van der Waals surface area contributed by atoms with E-state index in [9.17, 15) is 9.18 Å². The van der Waals surface area contributed by atoms with Crippen LogP contribution in [0.3, 0.4) is 0 Å². The normalized spacial score (nSPS) is 10.9. The summed E-state index contributed by atoms with van der Waals surface area (Å²) in [6.07, 6.45) is 3.53. The van der Waals surface area contributed by atoms with Crippen LogP contribution < -0.4 is 10.8 Å². The molecule has 1 aromatic carbocycles. The number of hydrogen-bond acceptors (Lipinski definition) is 5. The van der Waals surface area contributed by atoms with Gasteiger partial charge in [0.15, 0.2) is 0 Å². The molecule has 6 nitrogen and oxygen atoms in total. The fourth-order valence-electron chi connectivity index (χ4n) is 2.68. The van der Waals surface area contributed by atoms with Gasteiger partial charge in [-0.1, -0.05) is 0 Å². The van der Waals surface area contributed by atoms with Gasteiger partial charge in [0.05, 0.1) is 17.9 Å². The van der Waals surface area contributed by atoms with E-state index in [1.54, 1.807) is 42.9 Å². The second-order valence-electron chi connectivity index (χ2n) is 5.49. The second kappa shape index (κ2) is 7.76. The second-order valence-corrected chi connectivity index (χ2v) is 6.37. The number of rotatable bonds is 6. The molecule has 0 unspecified atom stereocenters. The van der Waals surface area contributed by atoms with Gasteiger partial charge in [-0.3, -0.25) is 9.63 Å². The molecular weight excluding hydrogens is 355 g/mol. The van der Waals surface area contributed by atoms with Gasteiger partial charge in [-0.25, -0.2) is 14.9 Å². The van der Waals surface area contributed by atoms with Gasteiger partial charge < -0.3 is 9.88 Å². The number of benzene rings is 1. The number of fused-ring (bicyclic) bond motifs is 1. The van der Waals surface area contributed by atoms with Crippen molar-refractivity contribution < 1.29 is 14.0 Å². The summed E-state index contributed by atoms with van der Waals surface area (Å²) in [5, 5.41) is 3.68. The van der Waals surface area contributed by atoms with Crippen molar-refractivity contribution in [3.05, 3.63) is 47.9 Å². The van der Waals surface area contributed by atoms with Crippen LogP contribution in [0.1, 0.15) is 17.3 Å². The quantitative estimate of drug-likeness (QED) is 0.507. The Balaban J connectivity index is 2.09. The van der Waals surface area contributed by atoms with Crippen molar-refractivity contribution in [2.24, 2.45) is 7.05 Å². The van der Waals surface area contributed by atoms with E-state index in [0.717, 1.165) is 4.90 Å². The molecule has 0 radical (unpaired) electrons. The first-order chi connectivity index (χ1) is 12.6. The summed E-state index contributed by atoms with van der Waals surface area (Å²) in [6.45, 7) is 2.11. The van der Waals surface area contributed by atoms with Crippen LogP contribution in [0.15, 0.2) is 41.4 Å². The number of aromatic nitrogens is 2. The maximum absolute atomic E-state index is 14.4. The third-order valence-electron chi connectivity index (χ3n) is 3.91. The molecule has 0 spiro atoms. The van der Waals surface area contributed by atoms with Crippen LogP contribution >= 0.6 is 11.8 Å². The smallest absolute Gasteiger partial charge is 0.279 e. The van der Waals surface area contributed by atoms with E-state index >= 15 is 0 Å². The van der Waals surface area contributed by atoms with E-state index in [0.29, 0.717) is 29.0 Å². The molecule has 3 aromatic rings. The van der Waals surface area contributed by atoms with Crippen LogP contribution in [0.25, 0.3) is 11.0 Å². The van der Waals surface area contributed by atoms with Crippen molar-refractivity contribution >= 4 is 40.2 Å². The van der Waals surface area contributed by atoms with Gasteiger partial charge in [-0.15, -0.1) is 11.8 Å². The number of pyridine rings is 1. The lowest BCUT2D eigenvalue weighted by molar-refractivity contribution is 0.0367. The molecule has 26 heavy (non-hydrogen) atoms. The summed E-state index contributed by atoms with van der Waals surface area (Å²) >= 11 is 1.46. The Labute approximate surface area is 154 Å². The molecule has 2 aromatic heterocycles. The zero-order valence-corrected chi connectivity index (χ0v) is 15.5. The third kappa shape index (κ3) is 3.38. The Morgan fingerprint density at radius 3 is 2.88 bits per heavy atom. The molecule has 3 rings (SSSR count). The predicted molar refractivity (Wildman–Crippen MR) is 101 cm³/mol. The molecule has 0 fully saturated rings. The number of halogens is 1. The Morgan fingerprint density at radius 2 is 2.19 bits per heavy atom. The summed E-state index contributed by atoms with van der Waals surface area (Å²) in [5.74, 6) is -0.382. The number of carbonyl (C=O) groups is 1. The summed E-state index contributed by atoms with van der Waals surface area (Å²) in [4.78, 5) is 22.8. The first-order valence-electron chi connectivity index (χ1n) is 8.02. The first kappa shape index (κ1) is 18.2. The van der Waals surface area contributed by atoms with Crippen LogP contribution in [0.2, 0.25) is 0 Å². The van der Waals surface area contributed by atoms with Crippen molar-refractivity contribution in [2.75, 3.05) is 18.2 Å². The first-order valence-corrected chi connectivity index (χ1v) is 9.25. The summed E-state index contributed by atoms with van der Waals surface area (Å²) in [6, 6.07) is 8.46. The summed E-state index contributed by atoms with van der Waals surface area (Å²) in [7, 11) is 1.77. The van der Waals surface area contributed by atoms with Gasteiger partial charge in [0, 0.05) is 23.5 Å². The fraction of sp³-hybridized carbons (Fsp3) is 0.222. The largest absolute Gasteiger partial charge is 0.339 e. The molecule has 136 valence electrons. The molecule has 1 amide bonds. The molecular formula is C18H19FN4O2S. The highest BCUT2D eigenvalue weighted by atomic mass is 32.2. The van der Waals surface area contributed by atoms with Crippen molar-refractivity contribution in [1.82, 2.24) is 15.0 Å². The number of amides is 1. The highest BCUT2D eigenvalue weighted by Crippen LogP contribution is 2.32. The number of hydroxylamine groups is 1. The van der Waals surface area contributed by atoms with Gasteiger partial charge in [-0.05, 0) is 43.5 Å². The lowest BCUT2D eigenvalue weighted by Crippen LogP contribution is -2.24. The fourth-order valence-corrected chi connectivity index (χ4v) is 3.10. The predicted octanol–water partition coefficient (Wildman–Crippen LogP) is 3.86. The molecule has 0 bridgehead atoms. The minimum absolute atomic E-state index is 0.277. The van der Waals surface area contributed by atoms with Crippen LogP contribution in [0.4, 0.5) is 15.9 Å². The van der Waals surface area contributed by atoms with Gasteiger partial charge in [0.25, 0.3) is 5.91 Å². The molecule has 0 saturated heterocycles. The number of aryl methyl sites for hydroxylation is 1. The van der Waals surface area contributed by atoms with Gasteiger partial charge in [0.2, 0.25) is 0 Å². The van der Waals surface area contributed by atoms with E-state index in [-0.39, 0.29) is 5.69 Å². The molecule has 0 aliphatic rings. The average Bonchev–Trinajstić information content (AvgIpc) is 2.93. The van der Waals surface area contributed by atoms with E-state index in [1.165, 1.54) is 17.8 Å². The standard InChI is InChI=1S/C18H19FN4O2S/c1-4-25-22-18(24)15-12-6-5-9-20-16(12)23(2)17(15)21-14-8-7-11(26-3)10-13(14)19/h5-10,21H,4H2,1-3H3,(H,22,24). The van der Waals surface area contributed by atoms with E-state index < -0.39 is 11.7 Å². The van der Waals surface area contributed by atoms with Gasteiger partial charge >= 0.3 is 0 Å². The SMILES string of the molecule is CCONC(=O)c1c(Nc2ccc(SC)cc2F)n(C)c2ncccc12. The van der Waals surface area contributed by atoms with Crippen LogP contribution in [-0.2, 0) is 11.9 Å². The van der Waals surface area contributed by atoms with Crippen LogP contribution in [0.5, 0.6) is 0 Å². The minimum atomic E-state index is -0.422. The third-order valence-corrected chi connectivity index (χ3v) is 4.64. The number of nitrogens with one attached hydrogen (secondary N) is 2. The Kier molecular flexibility index (Phi) is 5.43. The Bertz CT molecular complexity index is 958. The molecule has 2 heterocycles. The molecule has 0 aliphatic carbocycles. The number of carbonyl (C=O) groups excluding carboxylic acids is 1. The minimum Gasteiger partial charge on any atom is -0.339 e. The lowest BCUT2D eigenvalue weighted by atomic mass is 10.2. The van der Waals surface area contributed by atoms with Gasteiger partial charge in [-0.2, -0.15) is 0 Å². The monoisotopic (exact) mass is 374 g/mol. The number of nitrogens with zero attached hydrogens (tertiary/aromatic N) is 2.